The maximum absolute atomic E-state index is 14.2. The summed E-state index contributed by atoms with van der Waals surface area (Å²) in [5.41, 5.74) is -1.34. The number of benzene rings is 1. The summed E-state index contributed by atoms with van der Waals surface area (Å²) in [4.78, 5) is 1.85. The number of alkyl halides is 3. The molecule has 1 atom stereocenters. The maximum Gasteiger partial charge on any atom is 0.419 e. The second-order valence-electron chi connectivity index (χ2n) is 4.87. The molecule has 0 saturated carbocycles. The van der Waals surface area contributed by atoms with Gasteiger partial charge in [0.15, 0.2) is 0 Å². The summed E-state index contributed by atoms with van der Waals surface area (Å²) in [7, 11) is 0. The number of halogens is 6. The molecule has 3 nitrogen and oxygen atoms in total. The molecule has 1 N–H and O–H groups in total. The van der Waals surface area contributed by atoms with Crippen molar-refractivity contribution in [3.63, 3.8) is 0 Å². The van der Waals surface area contributed by atoms with Gasteiger partial charge in [-0.05, 0) is 6.07 Å². The number of nitriles is 1. The summed E-state index contributed by atoms with van der Waals surface area (Å²) in [6.45, 7) is 2.48. The molecule has 1 saturated heterocycles. The van der Waals surface area contributed by atoms with Crippen molar-refractivity contribution in [1.29, 1.82) is 5.26 Å². The zero-order valence-electron chi connectivity index (χ0n) is 12.1. The zero-order valence-corrected chi connectivity index (χ0v) is 13.7. The van der Waals surface area contributed by atoms with Gasteiger partial charge in [0.05, 0.1) is 24.1 Å². The SMILES string of the molecule is Cl.Cl.N#CC[C@H](c1cccc(C(F)(F)F)c1F)N1CCNCC1. The standard InChI is InChI=1S/C14H15F4N3.2ClH/c15-13-10(2-1-3-11(13)14(16,17)18)12(4-5-19)21-8-6-20-7-9-21;;/h1-3,12,20H,4,6-9H2;2*1H/t12-;;/m1../s1. The van der Waals surface area contributed by atoms with Gasteiger partial charge in [0.1, 0.15) is 5.82 Å². The monoisotopic (exact) mass is 373 g/mol. The Labute approximate surface area is 144 Å². The van der Waals surface area contributed by atoms with E-state index >= 15 is 0 Å². The Bertz CT molecular complexity index is 540. The van der Waals surface area contributed by atoms with E-state index in [0.717, 1.165) is 6.07 Å². The normalized spacial score (nSPS) is 16.7. The van der Waals surface area contributed by atoms with Crippen molar-refractivity contribution in [2.24, 2.45) is 0 Å². The van der Waals surface area contributed by atoms with Crippen LogP contribution in [0, 0.1) is 17.1 Å². The highest BCUT2D eigenvalue weighted by Crippen LogP contribution is 2.36. The molecule has 1 aliphatic heterocycles. The van der Waals surface area contributed by atoms with Gasteiger partial charge in [-0.2, -0.15) is 18.4 Å². The fourth-order valence-corrected chi connectivity index (χ4v) is 2.54. The number of rotatable bonds is 3. The smallest absolute Gasteiger partial charge is 0.314 e. The summed E-state index contributed by atoms with van der Waals surface area (Å²) < 4.78 is 52.6. The van der Waals surface area contributed by atoms with Crippen LogP contribution in [0.15, 0.2) is 18.2 Å². The molecule has 23 heavy (non-hydrogen) atoms. The molecule has 0 unspecified atom stereocenters. The zero-order chi connectivity index (χ0) is 15.5. The predicted molar refractivity (Wildman–Crippen MR) is 83.3 cm³/mol. The van der Waals surface area contributed by atoms with Gasteiger partial charge in [-0.25, -0.2) is 4.39 Å². The van der Waals surface area contributed by atoms with E-state index in [1.807, 2.05) is 11.0 Å². The number of hydrogen-bond acceptors (Lipinski definition) is 3. The van der Waals surface area contributed by atoms with Gasteiger partial charge in [-0.15, -0.1) is 24.8 Å². The average molecular weight is 374 g/mol. The lowest BCUT2D eigenvalue weighted by Crippen LogP contribution is -2.45. The van der Waals surface area contributed by atoms with Gasteiger partial charge >= 0.3 is 6.18 Å². The lowest BCUT2D eigenvalue weighted by molar-refractivity contribution is -0.140. The van der Waals surface area contributed by atoms with Crippen molar-refractivity contribution in [3.8, 4) is 6.07 Å². The average Bonchev–Trinajstić information content (AvgIpc) is 2.45. The number of nitrogens with one attached hydrogen (secondary N) is 1. The summed E-state index contributed by atoms with van der Waals surface area (Å²) in [5, 5.41) is 12.0. The molecule has 0 radical (unpaired) electrons. The Morgan fingerprint density at radius 2 is 1.83 bits per heavy atom. The molecule has 9 heteroatoms. The molecule has 0 aromatic heterocycles. The van der Waals surface area contributed by atoms with Crippen LogP contribution in [0.25, 0.3) is 0 Å². The first-order valence-corrected chi connectivity index (χ1v) is 6.62. The second kappa shape index (κ2) is 9.28. The minimum atomic E-state index is -4.74. The lowest BCUT2D eigenvalue weighted by atomic mass is 9.98. The number of hydrogen-bond donors (Lipinski definition) is 1. The topological polar surface area (TPSA) is 39.1 Å². The van der Waals surface area contributed by atoms with Crippen LogP contribution in [0.4, 0.5) is 17.6 Å². The highest BCUT2D eigenvalue weighted by molar-refractivity contribution is 5.85. The van der Waals surface area contributed by atoms with E-state index in [4.69, 9.17) is 5.26 Å². The summed E-state index contributed by atoms with van der Waals surface area (Å²) in [6, 6.07) is 4.52. The fraction of sp³-hybridized carbons (Fsp3) is 0.500. The van der Waals surface area contributed by atoms with Gasteiger partial charge in [0, 0.05) is 31.7 Å². The first-order chi connectivity index (χ1) is 9.95. The number of nitrogens with zero attached hydrogens (tertiary/aromatic N) is 2. The molecule has 0 amide bonds. The third kappa shape index (κ3) is 5.21. The summed E-state index contributed by atoms with van der Waals surface area (Å²) in [6.07, 6.45) is -4.78. The van der Waals surface area contributed by atoms with Gasteiger partial charge in [-0.1, -0.05) is 12.1 Å². The molecular weight excluding hydrogens is 357 g/mol. The molecule has 1 aromatic rings. The quantitative estimate of drug-likeness (QED) is 0.823. The Hall–Kier alpha value is -1.07. The van der Waals surface area contributed by atoms with Crippen molar-refractivity contribution in [3.05, 3.63) is 35.1 Å². The van der Waals surface area contributed by atoms with Crippen LogP contribution in [0.3, 0.4) is 0 Å². The Kier molecular flexibility index (Phi) is 8.85. The van der Waals surface area contributed by atoms with E-state index in [1.165, 1.54) is 12.1 Å². The third-order valence-electron chi connectivity index (χ3n) is 3.57. The van der Waals surface area contributed by atoms with Crippen molar-refractivity contribution in [1.82, 2.24) is 10.2 Å². The van der Waals surface area contributed by atoms with Crippen LogP contribution in [0.1, 0.15) is 23.6 Å². The molecule has 1 aromatic carbocycles. The van der Waals surface area contributed by atoms with Gasteiger partial charge in [0.2, 0.25) is 0 Å². The highest BCUT2D eigenvalue weighted by Gasteiger charge is 2.36. The lowest BCUT2D eigenvalue weighted by Gasteiger charge is -2.34. The Balaban J connectivity index is 0.00000242. The predicted octanol–water partition coefficient (Wildman–Crippen LogP) is 3.55. The molecule has 0 bridgehead atoms. The van der Waals surface area contributed by atoms with Gasteiger partial charge in [0.25, 0.3) is 0 Å². The van der Waals surface area contributed by atoms with Crippen LogP contribution < -0.4 is 5.32 Å². The largest absolute Gasteiger partial charge is 0.419 e. The highest BCUT2D eigenvalue weighted by atomic mass is 35.5. The minimum absolute atomic E-state index is 0. The fourth-order valence-electron chi connectivity index (χ4n) is 2.54. The van der Waals surface area contributed by atoms with E-state index in [9.17, 15) is 17.6 Å². The second-order valence-corrected chi connectivity index (χ2v) is 4.87. The van der Waals surface area contributed by atoms with Crippen molar-refractivity contribution in [2.45, 2.75) is 18.6 Å². The minimum Gasteiger partial charge on any atom is -0.314 e. The van der Waals surface area contributed by atoms with E-state index in [-0.39, 0.29) is 36.8 Å². The van der Waals surface area contributed by atoms with Crippen LogP contribution in [0.2, 0.25) is 0 Å². The van der Waals surface area contributed by atoms with E-state index in [1.54, 1.807) is 0 Å². The van der Waals surface area contributed by atoms with E-state index < -0.39 is 23.6 Å². The number of piperazine rings is 1. The van der Waals surface area contributed by atoms with E-state index in [2.05, 4.69) is 5.32 Å². The summed E-state index contributed by atoms with van der Waals surface area (Å²) in [5.74, 6) is -1.27. The summed E-state index contributed by atoms with van der Waals surface area (Å²) >= 11 is 0. The first-order valence-electron chi connectivity index (χ1n) is 6.62. The molecule has 0 spiro atoms. The van der Waals surface area contributed by atoms with Crippen molar-refractivity contribution in [2.75, 3.05) is 26.2 Å². The molecular formula is C14H17Cl2F4N3. The van der Waals surface area contributed by atoms with Crippen LogP contribution >= 0.6 is 24.8 Å². The molecule has 0 aliphatic carbocycles. The van der Waals surface area contributed by atoms with Crippen molar-refractivity contribution < 1.29 is 17.6 Å². The Morgan fingerprint density at radius 1 is 1.22 bits per heavy atom. The van der Waals surface area contributed by atoms with Gasteiger partial charge in [-0.3, -0.25) is 4.90 Å². The molecule has 2 rings (SSSR count). The van der Waals surface area contributed by atoms with Crippen LogP contribution in [-0.4, -0.2) is 31.1 Å². The molecule has 1 heterocycles. The van der Waals surface area contributed by atoms with Crippen molar-refractivity contribution >= 4 is 24.8 Å². The third-order valence-corrected chi connectivity index (χ3v) is 3.57. The molecule has 1 aliphatic rings. The van der Waals surface area contributed by atoms with E-state index in [0.29, 0.717) is 26.2 Å². The Morgan fingerprint density at radius 3 is 2.35 bits per heavy atom. The molecule has 1 fully saturated rings. The van der Waals surface area contributed by atoms with Crippen LogP contribution in [-0.2, 0) is 6.18 Å². The first kappa shape index (κ1) is 21.9. The van der Waals surface area contributed by atoms with Gasteiger partial charge < -0.3 is 5.32 Å². The maximum atomic E-state index is 14.2. The molecule has 130 valence electrons. The van der Waals surface area contributed by atoms with Crippen LogP contribution in [0.5, 0.6) is 0 Å².